The van der Waals surface area contributed by atoms with Crippen LogP contribution in [0.2, 0.25) is 0 Å². The molecule has 0 aliphatic heterocycles. The fourth-order valence-corrected chi connectivity index (χ4v) is 4.49. The highest BCUT2D eigenvalue weighted by Gasteiger charge is 2.12. The number of aryl methyl sites for hydroxylation is 2. The molecule has 0 aromatic heterocycles. The highest BCUT2D eigenvalue weighted by molar-refractivity contribution is 5.73. The minimum atomic E-state index is 0.523. The molecule has 0 spiro atoms. The summed E-state index contributed by atoms with van der Waals surface area (Å²) in [6.07, 6.45) is 7.47. The third kappa shape index (κ3) is 7.04. The summed E-state index contributed by atoms with van der Waals surface area (Å²) >= 11 is 0. The van der Waals surface area contributed by atoms with Crippen LogP contribution in [0.1, 0.15) is 47.2 Å². The molecule has 0 fully saturated rings. The SMILES string of the molecule is C=CCc1ccc(OCc2ccc(CC)cc2)c(-c2ccc(OCc3ccc(CC)cc3)c(CC=C)c2)c1. The van der Waals surface area contributed by atoms with E-state index >= 15 is 0 Å². The minimum Gasteiger partial charge on any atom is -0.489 e. The largest absolute Gasteiger partial charge is 0.489 e. The summed E-state index contributed by atoms with van der Waals surface area (Å²) in [4.78, 5) is 0. The molecule has 0 aliphatic carbocycles. The maximum atomic E-state index is 6.36. The second-order valence-electron chi connectivity index (χ2n) is 9.56. The van der Waals surface area contributed by atoms with E-state index in [4.69, 9.17) is 9.47 Å². The van der Waals surface area contributed by atoms with Gasteiger partial charge >= 0.3 is 0 Å². The smallest absolute Gasteiger partial charge is 0.127 e. The van der Waals surface area contributed by atoms with Crippen molar-refractivity contribution in [2.24, 2.45) is 0 Å². The molecular formula is C36H38O2. The monoisotopic (exact) mass is 502 g/mol. The maximum Gasteiger partial charge on any atom is 0.127 e. The Bertz CT molecular complexity index is 1350. The molecule has 0 radical (unpaired) electrons. The quantitative estimate of drug-likeness (QED) is 0.170. The predicted octanol–water partition coefficient (Wildman–Crippen LogP) is 9.09. The lowest BCUT2D eigenvalue weighted by Crippen LogP contribution is -2.00. The maximum absolute atomic E-state index is 6.36. The summed E-state index contributed by atoms with van der Waals surface area (Å²) in [6.45, 7) is 13.3. The summed E-state index contributed by atoms with van der Waals surface area (Å²) in [5.41, 5.74) is 9.47. The van der Waals surface area contributed by atoms with Crippen molar-refractivity contribution in [1.82, 2.24) is 0 Å². The summed E-state index contributed by atoms with van der Waals surface area (Å²) in [6, 6.07) is 30.1. The summed E-state index contributed by atoms with van der Waals surface area (Å²) in [5, 5.41) is 0. The third-order valence-electron chi connectivity index (χ3n) is 6.81. The van der Waals surface area contributed by atoms with E-state index in [1.54, 1.807) is 0 Å². The molecule has 4 aromatic rings. The average Bonchev–Trinajstić information content (AvgIpc) is 2.96. The fourth-order valence-electron chi connectivity index (χ4n) is 4.49. The summed E-state index contributed by atoms with van der Waals surface area (Å²) < 4.78 is 12.6. The predicted molar refractivity (Wildman–Crippen MR) is 160 cm³/mol. The lowest BCUT2D eigenvalue weighted by Gasteiger charge is -2.16. The standard InChI is InChI=1S/C36H38O2/c1-5-9-29-19-21-36(38-26-31-17-13-28(8-4)14-18-31)34(23-29)32-20-22-35(33(24-32)10-6-2)37-25-30-15-11-27(7-3)12-16-30/h5-6,11-24H,1-2,7-10,25-26H2,3-4H3. The minimum absolute atomic E-state index is 0.523. The van der Waals surface area contributed by atoms with Gasteiger partial charge < -0.3 is 9.47 Å². The van der Waals surface area contributed by atoms with Gasteiger partial charge in [0.05, 0.1) is 0 Å². The van der Waals surface area contributed by atoms with Gasteiger partial charge in [0.25, 0.3) is 0 Å². The van der Waals surface area contributed by atoms with Crippen molar-refractivity contribution in [1.29, 1.82) is 0 Å². The molecule has 0 heterocycles. The van der Waals surface area contributed by atoms with Gasteiger partial charge in [-0.15, -0.1) is 13.2 Å². The number of hydrogen-bond acceptors (Lipinski definition) is 2. The van der Waals surface area contributed by atoms with Crippen LogP contribution in [-0.2, 0) is 38.9 Å². The Morgan fingerprint density at radius 1 is 0.553 bits per heavy atom. The van der Waals surface area contributed by atoms with Gasteiger partial charge in [0.15, 0.2) is 0 Å². The molecule has 0 N–H and O–H groups in total. The molecule has 4 rings (SSSR count). The van der Waals surface area contributed by atoms with E-state index in [9.17, 15) is 0 Å². The van der Waals surface area contributed by atoms with Gasteiger partial charge in [-0.3, -0.25) is 0 Å². The van der Waals surface area contributed by atoms with Crippen LogP contribution in [0.5, 0.6) is 11.5 Å². The molecule has 0 unspecified atom stereocenters. The highest BCUT2D eigenvalue weighted by atomic mass is 16.5. The van der Waals surface area contributed by atoms with Crippen molar-refractivity contribution in [2.75, 3.05) is 0 Å². The molecule has 4 aromatic carbocycles. The average molecular weight is 503 g/mol. The summed E-state index contributed by atoms with van der Waals surface area (Å²) in [7, 11) is 0. The van der Waals surface area contributed by atoms with Crippen molar-refractivity contribution >= 4 is 0 Å². The van der Waals surface area contributed by atoms with Crippen molar-refractivity contribution in [2.45, 2.75) is 52.7 Å². The van der Waals surface area contributed by atoms with Gasteiger partial charge in [0.2, 0.25) is 0 Å². The Kier molecular flexibility index (Phi) is 9.59. The summed E-state index contributed by atoms with van der Waals surface area (Å²) in [5.74, 6) is 1.75. The molecule has 0 bridgehead atoms. The van der Waals surface area contributed by atoms with Crippen LogP contribution in [0.15, 0.2) is 110 Å². The Labute approximate surface area is 228 Å². The first-order chi connectivity index (χ1) is 18.6. The van der Waals surface area contributed by atoms with Gasteiger partial charge in [0, 0.05) is 5.56 Å². The van der Waals surface area contributed by atoms with E-state index in [0.29, 0.717) is 13.2 Å². The number of ether oxygens (including phenoxy) is 2. The number of benzene rings is 4. The topological polar surface area (TPSA) is 18.5 Å². The van der Waals surface area contributed by atoms with Crippen molar-refractivity contribution < 1.29 is 9.47 Å². The first-order valence-electron chi connectivity index (χ1n) is 13.5. The van der Waals surface area contributed by atoms with Crippen molar-refractivity contribution in [3.8, 4) is 22.6 Å². The van der Waals surface area contributed by atoms with E-state index in [0.717, 1.165) is 65.0 Å². The lowest BCUT2D eigenvalue weighted by molar-refractivity contribution is 0.303. The third-order valence-corrected chi connectivity index (χ3v) is 6.81. The molecule has 0 aliphatic rings. The number of allylic oxidation sites excluding steroid dienone is 2. The molecule has 38 heavy (non-hydrogen) atoms. The van der Waals surface area contributed by atoms with Crippen LogP contribution in [-0.4, -0.2) is 0 Å². The van der Waals surface area contributed by atoms with E-state index in [-0.39, 0.29) is 0 Å². The van der Waals surface area contributed by atoms with Crippen LogP contribution in [0.4, 0.5) is 0 Å². The molecule has 0 atom stereocenters. The first kappa shape index (κ1) is 27.0. The molecule has 0 saturated heterocycles. The second-order valence-corrected chi connectivity index (χ2v) is 9.56. The van der Waals surface area contributed by atoms with E-state index in [1.165, 1.54) is 16.7 Å². The molecule has 2 nitrogen and oxygen atoms in total. The van der Waals surface area contributed by atoms with Gasteiger partial charge in [0.1, 0.15) is 24.7 Å². The zero-order valence-electron chi connectivity index (χ0n) is 22.7. The van der Waals surface area contributed by atoms with Gasteiger partial charge in [-0.25, -0.2) is 0 Å². The van der Waals surface area contributed by atoms with Crippen LogP contribution in [0.3, 0.4) is 0 Å². The highest BCUT2D eigenvalue weighted by Crippen LogP contribution is 2.35. The van der Waals surface area contributed by atoms with E-state index in [2.05, 4.69) is 112 Å². The molecule has 2 heteroatoms. The van der Waals surface area contributed by atoms with Crippen LogP contribution < -0.4 is 9.47 Å². The molecule has 194 valence electrons. The van der Waals surface area contributed by atoms with Gasteiger partial charge in [-0.2, -0.15) is 0 Å². The zero-order chi connectivity index (χ0) is 26.7. The van der Waals surface area contributed by atoms with Crippen LogP contribution in [0, 0.1) is 0 Å². The normalized spacial score (nSPS) is 10.7. The second kappa shape index (κ2) is 13.5. The zero-order valence-corrected chi connectivity index (χ0v) is 22.7. The van der Waals surface area contributed by atoms with Crippen molar-refractivity contribution in [3.63, 3.8) is 0 Å². The molecular weight excluding hydrogens is 464 g/mol. The van der Waals surface area contributed by atoms with Crippen LogP contribution >= 0.6 is 0 Å². The first-order valence-corrected chi connectivity index (χ1v) is 13.5. The molecule has 0 amide bonds. The van der Waals surface area contributed by atoms with Crippen LogP contribution in [0.25, 0.3) is 11.1 Å². The van der Waals surface area contributed by atoms with Gasteiger partial charge in [-0.1, -0.05) is 86.7 Å². The Morgan fingerprint density at radius 3 is 1.61 bits per heavy atom. The lowest BCUT2D eigenvalue weighted by atomic mass is 9.97. The molecule has 0 saturated carbocycles. The Balaban J connectivity index is 1.59. The van der Waals surface area contributed by atoms with E-state index in [1.807, 2.05) is 12.2 Å². The Morgan fingerprint density at radius 2 is 1.05 bits per heavy atom. The Hall–Kier alpha value is -4.04. The number of rotatable bonds is 13. The fraction of sp³-hybridized carbons (Fsp3) is 0.222. The van der Waals surface area contributed by atoms with E-state index < -0.39 is 0 Å². The number of hydrogen-bond donors (Lipinski definition) is 0. The van der Waals surface area contributed by atoms with Gasteiger partial charge in [-0.05, 0) is 88.9 Å². The van der Waals surface area contributed by atoms with Crippen molar-refractivity contribution in [3.05, 3.63) is 144 Å².